The molecule has 0 aromatic carbocycles. The monoisotopic (exact) mass is 309 g/mol. The molecule has 6 heteroatoms. The summed E-state index contributed by atoms with van der Waals surface area (Å²) in [7, 11) is 0. The van der Waals surface area contributed by atoms with Gasteiger partial charge in [-0.2, -0.15) is 11.8 Å². The fourth-order valence-corrected chi connectivity index (χ4v) is 4.18. The van der Waals surface area contributed by atoms with E-state index >= 15 is 0 Å². The Morgan fingerprint density at radius 3 is 2.90 bits per heavy atom. The number of amides is 1. The van der Waals surface area contributed by atoms with Crippen LogP contribution < -0.4 is 0 Å². The molecule has 1 atom stereocenters. The predicted molar refractivity (Wildman–Crippen MR) is 83.7 cm³/mol. The van der Waals surface area contributed by atoms with Crippen molar-refractivity contribution in [2.75, 3.05) is 37.7 Å². The van der Waals surface area contributed by atoms with Gasteiger partial charge in [0.05, 0.1) is 6.04 Å². The van der Waals surface area contributed by atoms with E-state index in [0.29, 0.717) is 17.5 Å². The van der Waals surface area contributed by atoms with E-state index in [2.05, 4.69) is 10.1 Å². The number of likely N-dealkylation sites (tertiary alicyclic amines) is 1. The number of hydrogen-bond donors (Lipinski definition) is 0. The van der Waals surface area contributed by atoms with Crippen molar-refractivity contribution < 1.29 is 9.32 Å². The molecule has 5 nitrogen and oxygen atoms in total. The van der Waals surface area contributed by atoms with E-state index in [0.717, 1.165) is 31.0 Å². The third kappa shape index (κ3) is 3.61. The van der Waals surface area contributed by atoms with E-state index in [9.17, 15) is 4.79 Å². The summed E-state index contributed by atoms with van der Waals surface area (Å²) >= 11 is 1.96. The Morgan fingerprint density at radius 1 is 1.38 bits per heavy atom. The molecule has 116 valence electrons. The van der Waals surface area contributed by atoms with Gasteiger partial charge in [-0.15, -0.1) is 0 Å². The molecule has 0 spiro atoms. The molecule has 1 aromatic heterocycles. The quantitative estimate of drug-likeness (QED) is 0.855. The minimum absolute atomic E-state index is 0.0264. The second kappa shape index (κ2) is 6.83. The lowest BCUT2D eigenvalue weighted by Crippen LogP contribution is -2.47. The van der Waals surface area contributed by atoms with Gasteiger partial charge < -0.3 is 14.3 Å². The van der Waals surface area contributed by atoms with Crippen molar-refractivity contribution in [3.8, 4) is 0 Å². The van der Waals surface area contributed by atoms with Gasteiger partial charge in [0.2, 0.25) is 0 Å². The van der Waals surface area contributed by atoms with Crippen LogP contribution in [0.3, 0.4) is 0 Å². The molecule has 2 fully saturated rings. The average molecular weight is 309 g/mol. The third-order valence-electron chi connectivity index (χ3n) is 4.21. The molecular weight excluding hydrogens is 286 g/mol. The zero-order valence-corrected chi connectivity index (χ0v) is 13.4. The van der Waals surface area contributed by atoms with Crippen LogP contribution in [0.2, 0.25) is 0 Å². The van der Waals surface area contributed by atoms with Gasteiger partial charge in [-0.1, -0.05) is 5.16 Å². The number of aromatic nitrogens is 1. The van der Waals surface area contributed by atoms with Crippen molar-refractivity contribution in [2.45, 2.75) is 32.2 Å². The van der Waals surface area contributed by atoms with Crippen LogP contribution in [-0.4, -0.2) is 64.6 Å². The number of thioether (sulfide) groups is 1. The molecule has 1 unspecified atom stereocenters. The molecule has 2 aliphatic heterocycles. The second-order valence-electron chi connectivity index (χ2n) is 5.91. The SMILES string of the molecule is Cc1cc(C(=O)N2CCCSCC2CN2CCCC2)no1. The Balaban J connectivity index is 1.72. The summed E-state index contributed by atoms with van der Waals surface area (Å²) in [6.07, 6.45) is 3.64. The first-order chi connectivity index (χ1) is 10.2. The van der Waals surface area contributed by atoms with Crippen LogP contribution in [-0.2, 0) is 0 Å². The van der Waals surface area contributed by atoms with Crippen LogP contribution >= 0.6 is 11.8 Å². The van der Waals surface area contributed by atoms with E-state index in [1.165, 1.54) is 25.9 Å². The van der Waals surface area contributed by atoms with E-state index in [4.69, 9.17) is 4.52 Å². The van der Waals surface area contributed by atoms with Gasteiger partial charge in [-0.3, -0.25) is 4.79 Å². The zero-order chi connectivity index (χ0) is 14.7. The average Bonchev–Trinajstić information content (AvgIpc) is 3.07. The van der Waals surface area contributed by atoms with E-state index in [-0.39, 0.29) is 5.91 Å². The summed E-state index contributed by atoms with van der Waals surface area (Å²) in [5.41, 5.74) is 0.450. The Hall–Kier alpha value is -1.01. The lowest BCUT2D eigenvalue weighted by Gasteiger charge is -2.32. The minimum atomic E-state index is 0.0264. The smallest absolute Gasteiger partial charge is 0.276 e. The van der Waals surface area contributed by atoms with Gasteiger partial charge in [-0.25, -0.2) is 0 Å². The first kappa shape index (κ1) is 14.9. The van der Waals surface area contributed by atoms with E-state index in [1.807, 2.05) is 23.6 Å². The second-order valence-corrected chi connectivity index (χ2v) is 7.06. The van der Waals surface area contributed by atoms with Crippen LogP contribution in [0.15, 0.2) is 10.6 Å². The summed E-state index contributed by atoms with van der Waals surface area (Å²) in [6.45, 7) is 5.99. The highest BCUT2D eigenvalue weighted by molar-refractivity contribution is 7.99. The van der Waals surface area contributed by atoms with Gasteiger partial charge in [0.1, 0.15) is 5.76 Å². The first-order valence-electron chi connectivity index (χ1n) is 7.78. The molecule has 2 aliphatic rings. The maximum absolute atomic E-state index is 12.7. The summed E-state index contributed by atoms with van der Waals surface area (Å²) in [4.78, 5) is 17.2. The van der Waals surface area contributed by atoms with Crippen LogP contribution in [0, 0.1) is 6.92 Å². The molecule has 2 saturated heterocycles. The Labute approximate surface area is 130 Å². The summed E-state index contributed by atoms with van der Waals surface area (Å²) in [5.74, 6) is 2.88. The van der Waals surface area contributed by atoms with Crippen LogP contribution in [0.5, 0.6) is 0 Å². The molecule has 0 aliphatic carbocycles. The summed E-state index contributed by atoms with van der Waals surface area (Å²) in [5, 5.41) is 3.90. The molecule has 1 amide bonds. The highest BCUT2D eigenvalue weighted by atomic mass is 32.2. The molecule has 0 N–H and O–H groups in total. The van der Waals surface area contributed by atoms with Crippen molar-refractivity contribution in [2.24, 2.45) is 0 Å². The van der Waals surface area contributed by atoms with Crippen LogP contribution in [0.1, 0.15) is 35.5 Å². The number of hydrogen-bond acceptors (Lipinski definition) is 5. The molecule has 0 radical (unpaired) electrons. The van der Waals surface area contributed by atoms with Crippen LogP contribution in [0.25, 0.3) is 0 Å². The van der Waals surface area contributed by atoms with Gasteiger partial charge in [0.15, 0.2) is 5.69 Å². The lowest BCUT2D eigenvalue weighted by molar-refractivity contribution is 0.0656. The predicted octanol–water partition coefficient (Wildman–Crippen LogP) is 2.03. The molecular formula is C15H23N3O2S. The number of rotatable bonds is 3. The Kier molecular flexibility index (Phi) is 4.85. The number of aryl methyl sites for hydroxylation is 1. The Morgan fingerprint density at radius 2 is 2.19 bits per heavy atom. The molecule has 3 heterocycles. The molecule has 1 aromatic rings. The van der Waals surface area contributed by atoms with Crippen molar-refractivity contribution in [1.29, 1.82) is 0 Å². The maximum Gasteiger partial charge on any atom is 0.276 e. The normalized spacial score (nSPS) is 24.2. The van der Waals surface area contributed by atoms with Crippen LogP contribution in [0.4, 0.5) is 0 Å². The van der Waals surface area contributed by atoms with Gasteiger partial charge in [0, 0.05) is 24.9 Å². The fraction of sp³-hybridized carbons (Fsp3) is 0.733. The highest BCUT2D eigenvalue weighted by Gasteiger charge is 2.30. The molecule has 0 saturated carbocycles. The van der Waals surface area contributed by atoms with Crippen molar-refractivity contribution in [3.05, 3.63) is 17.5 Å². The fourth-order valence-electron chi connectivity index (χ4n) is 3.13. The van der Waals surface area contributed by atoms with Crippen molar-refractivity contribution in [3.63, 3.8) is 0 Å². The lowest BCUT2D eigenvalue weighted by atomic mass is 10.2. The highest BCUT2D eigenvalue weighted by Crippen LogP contribution is 2.21. The summed E-state index contributed by atoms with van der Waals surface area (Å²) in [6, 6.07) is 2.04. The minimum Gasteiger partial charge on any atom is -0.361 e. The van der Waals surface area contributed by atoms with E-state index < -0.39 is 0 Å². The molecule has 3 rings (SSSR count). The summed E-state index contributed by atoms with van der Waals surface area (Å²) < 4.78 is 5.06. The third-order valence-corrected chi connectivity index (χ3v) is 5.41. The maximum atomic E-state index is 12.7. The number of carbonyl (C=O) groups excluding carboxylic acids is 1. The standard InChI is InChI=1S/C15H23N3O2S/c1-12-9-14(16-20-12)15(19)18-7-4-8-21-11-13(18)10-17-5-2-3-6-17/h9,13H,2-8,10-11H2,1H3. The first-order valence-corrected chi connectivity index (χ1v) is 8.94. The number of carbonyl (C=O) groups is 1. The van der Waals surface area contributed by atoms with Gasteiger partial charge in [0.25, 0.3) is 5.91 Å². The van der Waals surface area contributed by atoms with Gasteiger partial charge >= 0.3 is 0 Å². The zero-order valence-electron chi connectivity index (χ0n) is 12.6. The Bertz CT molecular complexity index is 485. The largest absolute Gasteiger partial charge is 0.361 e. The number of nitrogens with zero attached hydrogens (tertiary/aromatic N) is 3. The molecule has 21 heavy (non-hydrogen) atoms. The van der Waals surface area contributed by atoms with Gasteiger partial charge in [-0.05, 0) is 45.0 Å². The molecule has 0 bridgehead atoms. The van der Waals surface area contributed by atoms with Crippen molar-refractivity contribution in [1.82, 2.24) is 15.0 Å². The van der Waals surface area contributed by atoms with E-state index in [1.54, 1.807) is 6.07 Å². The van der Waals surface area contributed by atoms with Crippen molar-refractivity contribution >= 4 is 17.7 Å². The topological polar surface area (TPSA) is 49.6 Å².